The van der Waals surface area contributed by atoms with Gasteiger partial charge in [-0.25, -0.2) is 4.39 Å². The highest BCUT2D eigenvalue weighted by molar-refractivity contribution is 7.98. The number of hydrogen-bond acceptors (Lipinski definition) is 6. The van der Waals surface area contributed by atoms with Crippen molar-refractivity contribution in [3.8, 4) is 5.69 Å². The smallest absolute Gasteiger partial charge is 0.269 e. The number of thioether (sulfide) groups is 1. The molecule has 1 amide bonds. The second-order valence-corrected chi connectivity index (χ2v) is 9.26. The van der Waals surface area contributed by atoms with Crippen LogP contribution >= 0.6 is 11.8 Å². The Morgan fingerprint density at radius 1 is 1.09 bits per heavy atom. The number of nitrogens with one attached hydrogen (secondary N) is 1. The summed E-state index contributed by atoms with van der Waals surface area (Å²) in [5.74, 6) is 0.710. The van der Waals surface area contributed by atoms with Gasteiger partial charge in [0.15, 0.2) is 11.0 Å². The molecule has 0 unspecified atom stereocenters. The Kier molecular flexibility index (Phi) is 9.77. The molecular formula is C25H30FN5O3S. The van der Waals surface area contributed by atoms with Gasteiger partial charge in [0.25, 0.3) is 5.69 Å². The third kappa shape index (κ3) is 7.61. The largest absolute Gasteiger partial charge is 0.346 e. The molecule has 1 heterocycles. The molecule has 35 heavy (non-hydrogen) atoms. The number of halogens is 1. The minimum atomic E-state index is -0.454. The first-order valence-electron chi connectivity index (χ1n) is 11.8. The van der Waals surface area contributed by atoms with Gasteiger partial charge in [0.1, 0.15) is 5.82 Å². The van der Waals surface area contributed by atoms with Crippen LogP contribution in [0.1, 0.15) is 69.8 Å². The van der Waals surface area contributed by atoms with Gasteiger partial charge in [-0.1, -0.05) is 56.5 Å². The maximum Gasteiger partial charge on any atom is 0.269 e. The number of rotatable bonds is 13. The first kappa shape index (κ1) is 26.3. The Balaban J connectivity index is 1.78. The number of non-ortho nitro benzene ring substituents is 1. The number of nitro groups is 1. The van der Waals surface area contributed by atoms with Crippen LogP contribution in [0.3, 0.4) is 0 Å². The van der Waals surface area contributed by atoms with Crippen LogP contribution in [-0.2, 0) is 10.5 Å². The van der Waals surface area contributed by atoms with E-state index in [4.69, 9.17) is 0 Å². The third-order valence-electron chi connectivity index (χ3n) is 5.53. The predicted molar refractivity (Wildman–Crippen MR) is 134 cm³/mol. The summed E-state index contributed by atoms with van der Waals surface area (Å²) in [6, 6.07) is 11.9. The van der Waals surface area contributed by atoms with Crippen molar-refractivity contribution in [2.24, 2.45) is 0 Å². The zero-order valence-electron chi connectivity index (χ0n) is 19.9. The predicted octanol–water partition coefficient (Wildman–Crippen LogP) is 6.14. The Bertz CT molecular complexity index is 1120. The van der Waals surface area contributed by atoms with Crippen molar-refractivity contribution in [1.82, 2.24) is 20.1 Å². The molecule has 3 aromatic rings. The minimum Gasteiger partial charge on any atom is -0.346 e. The van der Waals surface area contributed by atoms with Crippen molar-refractivity contribution in [2.75, 3.05) is 0 Å². The highest BCUT2D eigenvalue weighted by Gasteiger charge is 2.21. The Hall–Kier alpha value is -3.27. The van der Waals surface area contributed by atoms with Crippen LogP contribution in [0.5, 0.6) is 0 Å². The molecule has 0 aliphatic rings. The van der Waals surface area contributed by atoms with Crippen molar-refractivity contribution < 1.29 is 14.1 Å². The summed E-state index contributed by atoms with van der Waals surface area (Å²) in [5, 5.41) is 23.3. The number of carbonyl (C=O) groups is 1. The summed E-state index contributed by atoms with van der Waals surface area (Å²) in [6.07, 6.45) is 5.78. The molecule has 0 aliphatic heterocycles. The van der Waals surface area contributed by atoms with E-state index in [1.54, 1.807) is 28.8 Å². The highest BCUT2D eigenvalue weighted by atomic mass is 32.2. The fourth-order valence-corrected chi connectivity index (χ4v) is 4.53. The lowest BCUT2D eigenvalue weighted by Gasteiger charge is -2.16. The van der Waals surface area contributed by atoms with E-state index in [2.05, 4.69) is 22.4 Å². The molecule has 0 saturated carbocycles. The van der Waals surface area contributed by atoms with E-state index in [1.807, 2.05) is 6.92 Å². The molecule has 8 nitrogen and oxygen atoms in total. The average Bonchev–Trinajstić information content (AvgIpc) is 3.27. The van der Waals surface area contributed by atoms with E-state index in [0.717, 1.165) is 31.2 Å². The highest BCUT2D eigenvalue weighted by Crippen LogP contribution is 2.28. The summed E-state index contributed by atoms with van der Waals surface area (Å²) >= 11 is 1.41. The van der Waals surface area contributed by atoms with Crippen LogP contribution in [0.15, 0.2) is 53.7 Å². The number of unbranched alkanes of at least 4 members (excludes halogenated alkanes) is 4. The van der Waals surface area contributed by atoms with Crippen molar-refractivity contribution in [2.45, 2.75) is 69.3 Å². The Labute approximate surface area is 208 Å². The molecule has 2 aromatic carbocycles. The lowest BCUT2D eigenvalue weighted by atomic mass is 10.1. The van der Waals surface area contributed by atoms with E-state index in [-0.39, 0.29) is 17.4 Å². The lowest BCUT2D eigenvalue weighted by molar-refractivity contribution is -0.384. The number of nitro benzene ring substituents is 1. The molecule has 0 saturated heterocycles. The van der Waals surface area contributed by atoms with E-state index in [0.29, 0.717) is 28.8 Å². The second kappa shape index (κ2) is 13.0. The van der Waals surface area contributed by atoms with Gasteiger partial charge in [0, 0.05) is 30.0 Å². The molecule has 10 heteroatoms. The van der Waals surface area contributed by atoms with Crippen LogP contribution < -0.4 is 5.32 Å². The van der Waals surface area contributed by atoms with Gasteiger partial charge in [0.2, 0.25) is 5.91 Å². The quantitative estimate of drug-likeness (QED) is 0.131. The summed E-state index contributed by atoms with van der Waals surface area (Å²) in [5.41, 5.74) is 1.55. The molecule has 0 radical (unpaired) electrons. The van der Waals surface area contributed by atoms with Gasteiger partial charge in [-0.2, -0.15) is 0 Å². The van der Waals surface area contributed by atoms with E-state index in [9.17, 15) is 19.3 Å². The van der Waals surface area contributed by atoms with Crippen LogP contribution in [0.2, 0.25) is 0 Å². The number of amides is 1. The average molecular weight is 500 g/mol. The van der Waals surface area contributed by atoms with Crippen molar-refractivity contribution in [3.05, 3.63) is 75.9 Å². The van der Waals surface area contributed by atoms with Gasteiger partial charge < -0.3 is 5.32 Å². The standard InChI is InChI=1S/C25H30FN5O3S/c1-3-4-5-6-7-8-23(32)27-18(2)24-28-29-25(35-17-19-9-11-20(26)12-10-19)30(24)21-13-15-22(16-14-21)31(33)34/h9-16,18H,3-8,17H2,1-2H3,(H,27,32)/t18-/m1/s1. The molecule has 1 N–H and O–H groups in total. The van der Waals surface area contributed by atoms with E-state index >= 15 is 0 Å². The molecular weight excluding hydrogens is 469 g/mol. The normalized spacial score (nSPS) is 11.9. The number of hydrogen-bond donors (Lipinski definition) is 1. The summed E-state index contributed by atoms with van der Waals surface area (Å²) in [4.78, 5) is 23.1. The van der Waals surface area contributed by atoms with Gasteiger partial charge in [-0.15, -0.1) is 10.2 Å². The first-order valence-corrected chi connectivity index (χ1v) is 12.7. The van der Waals surface area contributed by atoms with Crippen LogP contribution in [-0.4, -0.2) is 25.6 Å². The van der Waals surface area contributed by atoms with Crippen LogP contribution in [0.4, 0.5) is 10.1 Å². The molecule has 1 aromatic heterocycles. The molecule has 1 atom stereocenters. The summed E-state index contributed by atoms with van der Waals surface area (Å²) < 4.78 is 15.0. The SMILES string of the molecule is CCCCCCCC(=O)N[C@H](C)c1nnc(SCc2ccc(F)cc2)n1-c1ccc([N+](=O)[O-])cc1. The fraction of sp³-hybridized carbons (Fsp3) is 0.400. The number of benzene rings is 2. The second-order valence-electron chi connectivity index (χ2n) is 8.32. The Morgan fingerprint density at radius 3 is 2.43 bits per heavy atom. The lowest BCUT2D eigenvalue weighted by Crippen LogP contribution is -2.28. The third-order valence-corrected chi connectivity index (χ3v) is 6.53. The Morgan fingerprint density at radius 2 is 1.77 bits per heavy atom. The summed E-state index contributed by atoms with van der Waals surface area (Å²) in [6.45, 7) is 4.00. The summed E-state index contributed by atoms with van der Waals surface area (Å²) in [7, 11) is 0. The molecule has 0 bridgehead atoms. The van der Waals surface area contributed by atoms with Crippen LogP contribution in [0, 0.1) is 15.9 Å². The van der Waals surface area contributed by atoms with Crippen molar-refractivity contribution in [3.63, 3.8) is 0 Å². The van der Waals surface area contributed by atoms with Gasteiger partial charge in [-0.3, -0.25) is 19.5 Å². The number of nitrogens with zero attached hydrogens (tertiary/aromatic N) is 4. The van der Waals surface area contributed by atoms with E-state index < -0.39 is 11.0 Å². The molecule has 0 fully saturated rings. The van der Waals surface area contributed by atoms with Crippen molar-refractivity contribution in [1.29, 1.82) is 0 Å². The van der Waals surface area contributed by atoms with E-state index in [1.165, 1.54) is 42.4 Å². The molecule has 0 aliphatic carbocycles. The zero-order valence-corrected chi connectivity index (χ0v) is 20.8. The zero-order chi connectivity index (χ0) is 25.2. The topological polar surface area (TPSA) is 103 Å². The fourth-order valence-electron chi connectivity index (χ4n) is 3.62. The molecule has 3 rings (SSSR count). The van der Waals surface area contributed by atoms with Gasteiger partial charge in [-0.05, 0) is 43.2 Å². The molecule has 0 spiro atoms. The maximum absolute atomic E-state index is 13.2. The van der Waals surface area contributed by atoms with Gasteiger partial charge in [0.05, 0.1) is 11.0 Å². The number of aromatic nitrogens is 3. The van der Waals surface area contributed by atoms with Crippen LogP contribution in [0.25, 0.3) is 5.69 Å². The first-order chi connectivity index (χ1) is 16.9. The monoisotopic (exact) mass is 499 g/mol. The maximum atomic E-state index is 13.2. The minimum absolute atomic E-state index is 0.0201. The molecule has 186 valence electrons. The van der Waals surface area contributed by atoms with Gasteiger partial charge >= 0.3 is 0 Å². The van der Waals surface area contributed by atoms with Crippen molar-refractivity contribution >= 4 is 23.4 Å². The number of carbonyl (C=O) groups excluding carboxylic acids is 1.